The minimum atomic E-state index is -0.391. The van der Waals surface area contributed by atoms with Gasteiger partial charge >= 0.3 is 5.97 Å². The molecule has 2 heterocycles. The molecule has 0 saturated heterocycles. The van der Waals surface area contributed by atoms with E-state index in [0.717, 1.165) is 23.3 Å². The summed E-state index contributed by atoms with van der Waals surface area (Å²) in [5, 5.41) is 3.23. The number of rotatable bonds is 8. The number of nitrogens with one attached hydrogen (secondary N) is 1. The molecule has 0 unspecified atom stereocenters. The second-order valence-electron chi connectivity index (χ2n) is 7.49. The summed E-state index contributed by atoms with van der Waals surface area (Å²) in [6, 6.07) is 18.0. The van der Waals surface area contributed by atoms with Gasteiger partial charge < -0.3 is 10.1 Å². The van der Waals surface area contributed by atoms with Crippen LogP contribution in [-0.2, 0) is 16.1 Å². The summed E-state index contributed by atoms with van der Waals surface area (Å²) in [6.07, 6.45) is 3.16. The molecule has 8 heteroatoms. The molecule has 0 saturated carbocycles. The van der Waals surface area contributed by atoms with Gasteiger partial charge in [0.15, 0.2) is 0 Å². The third-order valence-corrected chi connectivity index (χ3v) is 6.12. The predicted octanol–water partition coefficient (Wildman–Crippen LogP) is 4.72. The van der Waals surface area contributed by atoms with E-state index < -0.39 is 5.97 Å². The Balaban J connectivity index is 1.43. The summed E-state index contributed by atoms with van der Waals surface area (Å²) in [6.45, 7) is 2.24. The van der Waals surface area contributed by atoms with E-state index in [9.17, 15) is 14.4 Å². The second kappa shape index (κ2) is 10.2. The van der Waals surface area contributed by atoms with E-state index in [4.69, 9.17) is 4.74 Å². The highest BCUT2D eigenvalue weighted by molar-refractivity contribution is 7.21. The predicted molar refractivity (Wildman–Crippen MR) is 130 cm³/mol. The first-order valence-corrected chi connectivity index (χ1v) is 11.5. The van der Waals surface area contributed by atoms with Crippen LogP contribution in [0.15, 0.2) is 71.8 Å². The summed E-state index contributed by atoms with van der Waals surface area (Å²) in [4.78, 5) is 43.3. The van der Waals surface area contributed by atoms with Gasteiger partial charge in [-0.15, -0.1) is 11.3 Å². The van der Waals surface area contributed by atoms with Gasteiger partial charge in [0, 0.05) is 10.6 Å². The molecule has 0 spiro atoms. The molecule has 4 rings (SSSR count). The smallest absolute Gasteiger partial charge is 0.338 e. The van der Waals surface area contributed by atoms with Crippen molar-refractivity contribution >= 4 is 39.1 Å². The van der Waals surface area contributed by atoms with Crippen molar-refractivity contribution in [3.8, 4) is 10.4 Å². The van der Waals surface area contributed by atoms with E-state index in [1.165, 1.54) is 22.2 Å². The number of hydrogen-bond acceptors (Lipinski definition) is 6. The van der Waals surface area contributed by atoms with Gasteiger partial charge in [-0.25, -0.2) is 9.78 Å². The minimum absolute atomic E-state index is 0.168. The van der Waals surface area contributed by atoms with Gasteiger partial charge in [0.2, 0.25) is 5.91 Å². The SMILES string of the molecule is CCCCOC(=O)c1ccc(NC(=O)Cn2cnc3sc(-c4ccccc4)cc3c2=O)cc1. The maximum atomic E-state index is 12.9. The standard InChI is InChI=1S/C25H23N3O4S/c1-2-3-13-32-25(31)18-9-11-19(12-10-18)27-22(29)15-28-16-26-23-20(24(28)30)14-21(33-23)17-7-5-4-6-8-17/h4-12,14,16H,2-3,13,15H2,1H3,(H,27,29). The highest BCUT2D eigenvalue weighted by Crippen LogP contribution is 2.30. The summed E-state index contributed by atoms with van der Waals surface area (Å²) < 4.78 is 6.47. The summed E-state index contributed by atoms with van der Waals surface area (Å²) in [5.41, 5.74) is 1.69. The maximum absolute atomic E-state index is 12.9. The first kappa shape index (κ1) is 22.4. The molecule has 7 nitrogen and oxygen atoms in total. The zero-order valence-corrected chi connectivity index (χ0v) is 18.9. The molecule has 1 amide bonds. The Morgan fingerprint density at radius 2 is 1.85 bits per heavy atom. The topological polar surface area (TPSA) is 90.3 Å². The van der Waals surface area contributed by atoms with E-state index in [0.29, 0.717) is 28.1 Å². The van der Waals surface area contributed by atoms with Crippen LogP contribution in [0.4, 0.5) is 5.69 Å². The van der Waals surface area contributed by atoms with Gasteiger partial charge in [0.25, 0.3) is 5.56 Å². The zero-order valence-electron chi connectivity index (χ0n) is 18.1. The molecule has 2 aromatic carbocycles. The first-order chi connectivity index (χ1) is 16.0. The molecule has 4 aromatic rings. The van der Waals surface area contributed by atoms with E-state index in [-0.39, 0.29) is 18.0 Å². The molecule has 0 atom stereocenters. The van der Waals surface area contributed by atoms with Crippen LogP contribution in [0.3, 0.4) is 0 Å². The normalized spacial score (nSPS) is 10.8. The van der Waals surface area contributed by atoms with Gasteiger partial charge in [-0.2, -0.15) is 0 Å². The first-order valence-electron chi connectivity index (χ1n) is 10.7. The van der Waals surface area contributed by atoms with Gasteiger partial charge in [-0.1, -0.05) is 43.7 Å². The molecule has 0 fully saturated rings. The van der Waals surface area contributed by atoms with Crippen molar-refractivity contribution in [1.29, 1.82) is 0 Å². The van der Waals surface area contributed by atoms with Crippen molar-refractivity contribution in [2.45, 2.75) is 26.3 Å². The van der Waals surface area contributed by atoms with E-state index >= 15 is 0 Å². The third-order valence-electron chi connectivity index (χ3n) is 5.03. The van der Waals surface area contributed by atoms with Gasteiger partial charge in [0.1, 0.15) is 11.4 Å². The number of nitrogens with zero attached hydrogens (tertiary/aromatic N) is 2. The van der Waals surface area contributed by atoms with Crippen LogP contribution in [0, 0.1) is 0 Å². The fourth-order valence-electron chi connectivity index (χ4n) is 3.25. The Hall–Kier alpha value is -3.78. The number of anilines is 1. The molecule has 1 N–H and O–H groups in total. The van der Waals surface area contributed by atoms with Crippen molar-refractivity contribution in [2.24, 2.45) is 0 Å². The minimum Gasteiger partial charge on any atom is -0.462 e. The average Bonchev–Trinajstić information content (AvgIpc) is 3.27. The number of aromatic nitrogens is 2. The Labute approximate surface area is 194 Å². The fourth-order valence-corrected chi connectivity index (χ4v) is 4.25. The number of ether oxygens (including phenoxy) is 1. The zero-order chi connectivity index (χ0) is 23.2. The fraction of sp³-hybridized carbons (Fsp3) is 0.200. The molecule has 0 aliphatic rings. The highest BCUT2D eigenvalue weighted by atomic mass is 32.1. The number of amides is 1. The number of hydrogen-bond donors (Lipinski definition) is 1. The number of esters is 1. The molecule has 0 bridgehead atoms. The maximum Gasteiger partial charge on any atom is 0.338 e. The Bertz CT molecular complexity index is 1330. The largest absolute Gasteiger partial charge is 0.462 e. The second-order valence-corrected chi connectivity index (χ2v) is 8.52. The van der Waals surface area contributed by atoms with Crippen LogP contribution < -0.4 is 10.9 Å². The lowest BCUT2D eigenvalue weighted by Gasteiger charge is -2.08. The van der Waals surface area contributed by atoms with Crippen molar-refractivity contribution < 1.29 is 14.3 Å². The van der Waals surface area contributed by atoms with Gasteiger partial charge in [-0.3, -0.25) is 14.2 Å². The monoisotopic (exact) mass is 461 g/mol. The van der Waals surface area contributed by atoms with Crippen LogP contribution in [0.1, 0.15) is 30.1 Å². The molecule has 168 valence electrons. The van der Waals surface area contributed by atoms with Crippen LogP contribution in [0.5, 0.6) is 0 Å². The Morgan fingerprint density at radius 3 is 2.58 bits per heavy atom. The van der Waals surface area contributed by atoms with Gasteiger partial charge in [0.05, 0.1) is 23.9 Å². The molecule has 0 radical (unpaired) electrons. The summed E-state index contributed by atoms with van der Waals surface area (Å²) >= 11 is 1.44. The van der Waals surface area contributed by atoms with Gasteiger partial charge in [-0.05, 0) is 42.3 Å². The number of unbranched alkanes of at least 4 members (excludes halogenated alkanes) is 1. The lowest BCUT2D eigenvalue weighted by molar-refractivity contribution is -0.116. The third kappa shape index (κ3) is 5.35. The van der Waals surface area contributed by atoms with Crippen LogP contribution >= 0.6 is 11.3 Å². The van der Waals surface area contributed by atoms with Crippen LogP contribution in [0.2, 0.25) is 0 Å². The number of carbonyl (C=O) groups excluding carboxylic acids is 2. The number of fused-ring (bicyclic) bond motifs is 1. The van der Waals surface area contributed by atoms with Crippen molar-refractivity contribution in [2.75, 3.05) is 11.9 Å². The lowest BCUT2D eigenvalue weighted by Crippen LogP contribution is -2.27. The molecule has 0 aliphatic carbocycles. The van der Waals surface area contributed by atoms with Crippen molar-refractivity contribution in [3.63, 3.8) is 0 Å². The summed E-state index contributed by atoms with van der Waals surface area (Å²) in [5.74, 6) is -0.757. The van der Waals surface area contributed by atoms with E-state index in [1.807, 2.05) is 43.3 Å². The van der Waals surface area contributed by atoms with Crippen LogP contribution in [0.25, 0.3) is 20.7 Å². The molecular formula is C25H23N3O4S. The molecule has 33 heavy (non-hydrogen) atoms. The summed E-state index contributed by atoms with van der Waals surface area (Å²) in [7, 11) is 0. The van der Waals surface area contributed by atoms with E-state index in [1.54, 1.807) is 24.3 Å². The highest BCUT2D eigenvalue weighted by Gasteiger charge is 2.13. The Morgan fingerprint density at radius 1 is 1.09 bits per heavy atom. The lowest BCUT2D eigenvalue weighted by atomic mass is 10.2. The molecule has 2 aromatic heterocycles. The Kier molecular flexibility index (Phi) is 6.95. The number of benzene rings is 2. The molecular weight excluding hydrogens is 438 g/mol. The van der Waals surface area contributed by atoms with E-state index in [2.05, 4.69) is 10.3 Å². The molecule has 0 aliphatic heterocycles. The average molecular weight is 462 g/mol. The quantitative estimate of drug-likeness (QED) is 0.303. The number of carbonyl (C=O) groups is 2. The van der Waals surface area contributed by atoms with Crippen molar-refractivity contribution in [1.82, 2.24) is 9.55 Å². The number of thiophene rings is 1. The van der Waals surface area contributed by atoms with Crippen molar-refractivity contribution in [3.05, 3.63) is 82.9 Å². The van der Waals surface area contributed by atoms with Crippen LogP contribution in [-0.4, -0.2) is 28.0 Å².